The van der Waals surface area contributed by atoms with E-state index >= 15 is 0 Å². The molecule has 0 bridgehead atoms. The summed E-state index contributed by atoms with van der Waals surface area (Å²) in [5.41, 5.74) is 4.35. The van der Waals surface area contributed by atoms with Gasteiger partial charge in [-0.1, -0.05) is 54.9 Å². The molecule has 0 saturated heterocycles. The van der Waals surface area contributed by atoms with Gasteiger partial charge in [-0.3, -0.25) is 10.1 Å². The third-order valence-electron chi connectivity index (χ3n) is 5.36. The summed E-state index contributed by atoms with van der Waals surface area (Å²) in [4.78, 5) is 10.8. The molecule has 128 valence electrons. The number of halogens is 1. The first kappa shape index (κ1) is 16.2. The van der Waals surface area contributed by atoms with E-state index in [1.54, 1.807) is 6.07 Å². The van der Waals surface area contributed by atoms with E-state index in [-0.39, 0.29) is 22.6 Å². The van der Waals surface area contributed by atoms with Crippen molar-refractivity contribution in [1.29, 1.82) is 0 Å². The van der Waals surface area contributed by atoms with Crippen LogP contribution in [0.2, 0.25) is 5.02 Å². The normalized spacial score (nSPS) is 23.7. The van der Waals surface area contributed by atoms with Gasteiger partial charge in [0, 0.05) is 18.1 Å². The number of allylic oxidation sites excluding steroid dienone is 2. The van der Waals surface area contributed by atoms with Crippen molar-refractivity contribution in [2.24, 2.45) is 5.92 Å². The standard InChI is InChI=1S/C20H19ClN2O2/c1-2-12-6-8-13(9-7-12)19-16-5-3-4-15(16)17-10-14(23(24)25)11-18(21)20(17)22-19/h3-4,6-11,15-16,19,22H,2,5H2,1H3/t15-,16-,19-/m0/s1. The maximum absolute atomic E-state index is 11.2. The predicted molar refractivity (Wildman–Crippen MR) is 100 cm³/mol. The Morgan fingerprint density at radius 2 is 2.04 bits per heavy atom. The fourth-order valence-corrected chi connectivity index (χ4v) is 4.31. The van der Waals surface area contributed by atoms with Crippen LogP contribution in [0.25, 0.3) is 0 Å². The minimum Gasteiger partial charge on any atom is -0.376 e. The second-order valence-electron chi connectivity index (χ2n) is 6.72. The Balaban J connectivity index is 1.78. The average Bonchev–Trinajstić information content (AvgIpc) is 3.11. The summed E-state index contributed by atoms with van der Waals surface area (Å²) in [5, 5.41) is 15.2. The van der Waals surface area contributed by atoms with Crippen molar-refractivity contribution in [2.75, 3.05) is 5.32 Å². The highest BCUT2D eigenvalue weighted by Gasteiger charge is 2.39. The smallest absolute Gasteiger partial charge is 0.271 e. The summed E-state index contributed by atoms with van der Waals surface area (Å²) >= 11 is 6.39. The van der Waals surface area contributed by atoms with Crippen LogP contribution in [0.4, 0.5) is 11.4 Å². The van der Waals surface area contributed by atoms with Gasteiger partial charge in [0.25, 0.3) is 5.69 Å². The molecule has 5 heteroatoms. The summed E-state index contributed by atoms with van der Waals surface area (Å²) in [6.45, 7) is 2.15. The highest BCUT2D eigenvalue weighted by atomic mass is 35.5. The van der Waals surface area contributed by atoms with Gasteiger partial charge in [0.1, 0.15) is 0 Å². The van der Waals surface area contributed by atoms with Crippen molar-refractivity contribution in [2.45, 2.75) is 31.7 Å². The van der Waals surface area contributed by atoms with Crippen LogP contribution in [-0.4, -0.2) is 4.92 Å². The molecule has 4 nitrogen and oxygen atoms in total. The van der Waals surface area contributed by atoms with Gasteiger partial charge >= 0.3 is 0 Å². The van der Waals surface area contributed by atoms with Crippen LogP contribution >= 0.6 is 11.6 Å². The number of hydrogen-bond donors (Lipinski definition) is 1. The number of fused-ring (bicyclic) bond motifs is 3. The van der Waals surface area contributed by atoms with Crippen molar-refractivity contribution < 1.29 is 4.92 Å². The first-order chi connectivity index (χ1) is 12.1. The Bertz CT molecular complexity index is 861. The third-order valence-corrected chi connectivity index (χ3v) is 5.66. The Hall–Kier alpha value is -2.33. The van der Waals surface area contributed by atoms with Gasteiger partial charge in [0.2, 0.25) is 0 Å². The molecule has 0 saturated carbocycles. The zero-order chi connectivity index (χ0) is 17.6. The molecule has 1 N–H and O–H groups in total. The van der Waals surface area contributed by atoms with E-state index in [1.807, 2.05) is 0 Å². The van der Waals surface area contributed by atoms with Gasteiger partial charge in [-0.15, -0.1) is 0 Å². The van der Waals surface area contributed by atoms with Gasteiger partial charge < -0.3 is 5.32 Å². The summed E-state index contributed by atoms with van der Waals surface area (Å²) in [6.07, 6.45) is 6.31. The molecule has 0 fully saturated rings. The first-order valence-corrected chi connectivity index (χ1v) is 8.96. The fourth-order valence-electron chi connectivity index (χ4n) is 4.04. The van der Waals surface area contributed by atoms with Crippen LogP contribution in [-0.2, 0) is 6.42 Å². The van der Waals surface area contributed by atoms with Crippen LogP contribution in [0.1, 0.15) is 42.0 Å². The molecule has 0 amide bonds. The minimum absolute atomic E-state index is 0.0512. The summed E-state index contributed by atoms with van der Waals surface area (Å²) in [6, 6.07) is 11.9. The molecule has 0 spiro atoms. The summed E-state index contributed by atoms with van der Waals surface area (Å²) < 4.78 is 0. The second-order valence-corrected chi connectivity index (χ2v) is 7.13. The number of rotatable bonds is 3. The number of nitrogens with one attached hydrogen (secondary N) is 1. The highest BCUT2D eigenvalue weighted by molar-refractivity contribution is 6.33. The molecule has 1 heterocycles. The number of hydrogen-bond acceptors (Lipinski definition) is 3. The molecular weight excluding hydrogens is 336 g/mol. The molecule has 3 atom stereocenters. The Morgan fingerprint density at radius 3 is 2.72 bits per heavy atom. The molecule has 2 aromatic rings. The van der Waals surface area contributed by atoms with E-state index in [4.69, 9.17) is 11.6 Å². The maximum atomic E-state index is 11.2. The monoisotopic (exact) mass is 354 g/mol. The van der Waals surface area contributed by atoms with Crippen molar-refractivity contribution in [3.63, 3.8) is 0 Å². The van der Waals surface area contributed by atoms with Crippen molar-refractivity contribution in [1.82, 2.24) is 0 Å². The maximum Gasteiger partial charge on any atom is 0.271 e. The lowest BCUT2D eigenvalue weighted by Crippen LogP contribution is -2.29. The lowest BCUT2D eigenvalue weighted by Gasteiger charge is -2.37. The molecule has 1 aliphatic heterocycles. The molecule has 0 aromatic heterocycles. The molecule has 1 aliphatic carbocycles. The van der Waals surface area contributed by atoms with E-state index in [0.29, 0.717) is 10.9 Å². The van der Waals surface area contributed by atoms with E-state index < -0.39 is 0 Å². The fraction of sp³-hybridized carbons (Fsp3) is 0.300. The van der Waals surface area contributed by atoms with Crippen molar-refractivity contribution >= 4 is 23.0 Å². The SMILES string of the molecule is CCc1ccc([C@@H]2Nc3c(Cl)cc([N+](=O)[O-])cc3[C@H]3C=CC[C@@H]32)cc1. The van der Waals surface area contributed by atoms with Crippen LogP contribution in [0, 0.1) is 16.0 Å². The van der Waals surface area contributed by atoms with Crippen LogP contribution in [0.5, 0.6) is 0 Å². The molecule has 0 unspecified atom stereocenters. The van der Waals surface area contributed by atoms with Gasteiger partial charge in [-0.05, 0) is 35.4 Å². The average molecular weight is 355 g/mol. The van der Waals surface area contributed by atoms with Gasteiger partial charge in [-0.25, -0.2) is 0 Å². The Morgan fingerprint density at radius 1 is 1.28 bits per heavy atom. The first-order valence-electron chi connectivity index (χ1n) is 8.58. The highest BCUT2D eigenvalue weighted by Crippen LogP contribution is 2.52. The topological polar surface area (TPSA) is 55.2 Å². The van der Waals surface area contributed by atoms with E-state index in [2.05, 4.69) is 48.7 Å². The quantitative estimate of drug-likeness (QED) is 0.441. The lowest BCUT2D eigenvalue weighted by atomic mass is 9.77. The Labute approximate surface area is 151 Å². The molecule has 2 aliphatic rings. The summed E-state index contributed by atoms with van der Waals surface area (Å²) in [7, 11) is 0. The molecule has 4 rings (SSSR count). The number of benzene rings is 2. The number of nitrogens with zero attached hydrogens (tertiary/aromatic N) is 1. The number of nitro groups is 1. The van der Waals surface area contributed by atoms with Gasteiger partial charge in [0.05, 0.1) is 21.7 Å². The zero-order valence-corrected chi connectivity index (χ0v) is 14.7. The second kappa shape index (κ2) is 6.19. The van der Waals surface area contributed by atoms with Crippen LogP contribution in [0.3, 0.4) is 0 Å². The van der Waals surface area contributed by atoms with Crippen LogP contribution < -0.4 is 5.32 Å². The van der Waals surface area contributed by atoms with Crippen LogP contribution in [0.15, 0.2) is 48.6 Å². The van der Waals surface area contributed by atoms with Crippen molar-refractivity contribution in [3.05, 3.63) is 80.4 Å². The number of anilines is 1. The van der Waals surface area contributed by atoms with Gasteiger partial charge in [-0.2, -0.15) is 0 Å². The molecule has 25 heavy (non-hydrogen) atoms. The van der Waals surface area contributed by atoms with Gasteiger partial charge in [0.15, 0.2) is 0 Å². The Kier molecular flexibility index (Phi) is 4.00. The minimum atomic E-state index is -0.380. The van der Waals surface area contributed by atoms with Crippen molar-refractivity contribution in [3.8, 4) is 0 Å². The number of nitro benzene ring substituents is 1. The third kappa shape index (κ3) is 2.71. The predicted octanol–water partition coefficient (Wildman–Crippen LogP) is 5.64. The largest absolute Gasteiger partial charge is 0.376 e. The number of aryl methyl sites for hydroxylation is 1. The van der Waals surface area contributed by atoms with E-state index in [0.717, 1.165) is 24.1 Å². The lowest BCUT2D eigenvalue weighted by molar-refractivity contribution is -0.384. The molecular formula is C20H19ClN2O2. The van der Waals surface area contributed by atoms with E-state index in [9.17, 15) is 10.1 Å². The zero-order valence-electron chi connectivity index (χ0n) is 13.9. The van der Waals surface area contributed by atoms with E-state index in [1.165, 1.54) is 17.2 Å². The molecule has 0 radical (unpaired) electrons. The number of non-ortho nitro benzene ring substituents is 1. The molecule has 2 aromatic carbocycles. The summed E-state index contributed by atoms with van der Waals surface area (Å²) in [5.74, 6) is 0.502.